The molecule has 18 heavy (non-hydrogen) atoms. The van der Waals surface area contributed by atoms with Crippen LogP contribution >= 0.6 is 0 Å². The monoisotopic (exact) mass is 256 g/mol. The van der Waals surface area contributed by atoms with Crippen LogP contribution in [0.2, 0.25) is 0 Å². The van der Waals surface area contributed by atoms with Crippen molar-refractivity contribution >= 4 is 0 Å². The van der Waals surface area contributed by atoms with Crippen LogP contribution in [0.25, 0.3) is 0 Å². The molecule has 0 aromatic heterocycles. The van der Waals surface area contributed by atoms with Gasteiger partial charge in [-0.05, 0) is 0 Å². The molecule has 0 unspecified atom stereocenters. The Kier molecular flexibility index (Phi) is 3.67. The van der Waals surface area contributed by atoms with Crippen molar-refractivity contribution in [2.24, 2.45) is 0 Å². The first-order valence-corrected chi connectivity index (χ1v) is 5.61. The standard InChI is InChI=1S/C12H16O6/c13-6-8-9(14)10(15)11(16)12(17,18-8)7-4-2-1-3-5-7/h1-5,8-11,13-17H,6H2/t8-,9-,10+,11-,12+/m1/s1. The first-order valence-electron chi connectivity index (χ1n) is 5.61. The van der Waals surface area contributed by atoms with Gasteiger partial charge >= 0.3 is 0 Å². The minimum atomic E-state index is -2.16. The highest BCUT2D eigenvalue weighted by molar-refractivity contribution is 5.23. The average molecular weight is 256 g/mol. The Morgan fingerprint density at radius 3 is 2.22 bits per heavy atom. The number of aliphatic hydroxyl groups excluding tert-OH is 4. The zero-order chi connectivity index (χ0) is 13.3. The third kappa shape index (κ3) is 2.03. The lowest BCUT2D eigenvalue weighted by Crippen LogP contribution is -2.63. The summed E-state index contributed by atoms with van der Waals surface area (Å²) >= 11 is 0. The van der Waals surface area contributed by atoms with Crippen LogP contribution in [0.5, 0.6) is 0 Å². The third-order valence-electron chi connectivity index (χ3n) is 3.15. The van der Waals surface area contributed by atoms with Crippen molar-refractivity contribution in [3.05, 3.63) is 35.9 Å². The fourth-order valence-corrected chi connectivity index (χ4v) is 2.07. The summed E-state index contributed by atoms with van der Waals surface area (Å²) in [5.41, 5.74) is 0.238. The molecule has 1 aromatic carbocycles. The minimum Gasteiger partial charge on any atom is -0.394 e. The molecular weight excluding hydrogens is 240 g/mol. The summed E-state index contributed by atoms with van der Waals surface area (Å²) in [5.74, 6) is -2.16. The Morgan fingerprint density at radius 1 is 1.06 bits per heavy atom. The summed E-state index contributed by atoms with van der Waals surface area (Å²) in [6.07, 6.45) is -5.96. The first kappa shape index (κ1) is 13.4. The normalized spacial score (nSPS) is 40.7. The lowest BCUT2D eigenvalue weighted by Gasteiger charge is -2.45. The number of ether oxygens (including phenoxy) is 1. The van der Waals surface area contributed by atoms with Crippen LogP contribution in [0.1, 0.15) is 5.56 Å². The molecule has 2 rings (SSSR count). The number of benzene rings is 1. The fourth-order valence-electron chi connectivity index (χ4n) is 2.07. The van der Waals surface area contributed by atoms with Crippen LogP contribution in [-0.4, -0.2) is 56.6 Å². The Hall–Kier alpha value is -1.02. The number of hydrogen-bond acceptors (Lipinski definition) is 6. The van der Waals surface area contributed by atoms with E-state index in [4.69, 9.17) is 9.84 Å². The second-order valence-corrected chi connectivity index (χ2v) is 4.33. The van der Waals surface area contributed by atoms with E-state index in [-0.39, 0.29) is 5.56 Å². The molecule has 0 spiro atoms. The van der Waals surface area contributed by atoms with Gasteiger partial charge in [0.05, 0.1) is 6.61 Å². The third-order valence-corrected chi connectivity index (χ3v) is 3.15. The number of hydrogen-bond donors (Lipinski definition) is 5. The van der Waals surface area contributed by atoms with Crippen molar-refractivity contribution < 1.29 is 30.3 Å². The van der Waals surface area contributed by atoms with Gasteiger partial charge in [0.2, 0.25) is 5.79 Å². The van der Waals surface area contributed by atoms with Crippen LogP contribution in [0.4, 0.5) is 0 Å². The quantitative estimate of drug-likeness (QED) is 0.431. The van der Waals surface area contributed by atoms with Crippen LogP contribution in [0.15, 0.2) is 30.3 Å². The van der Waals surface area contributed by atoms with Crippen molar-refractivity contribution in [1.29, 1.82) is 0 Å². The van der Waals surface area contributed by atoms with E-state index in [9.17, 15) is 20.4 Å². The Labute approximate surface area is 104 Å². The van der Waals surface area contributed by atoms with Crippen molar-refractivity contribution in [1.82, 2.24) is 0 Å². The smallest absolute Gasteiger partial charge is 0.222 e. The van der Waals surface area contributed by atoms with Gasteiger partial charge in [-0.15, -0.1) is 0 Å². The van der Waals surface area contributed by atoms with E-state index in [1.807, 2.05) is 0 Å². The van der Waals surface area contributed by atoms with Crippen molar-refractivity contribution in [2.75, 3.05) is 6.61 Å². The van der Waals surface area contributed by atoms with E-state index in [1.165, 1.54) is 12.1 Å². The Bertz CT molecular complexity index is 395. The molecule has 0 radical (unpaired) electrons. The summed E-state index contributed by atoms with van der Waals surface area (Å²) in [4.78, 5) is 0. The highest BCUT2D eigenvalue weighted by Crippen LogP contribution is 2.35. The molecule has 1 fully saturated rings. The molecule has 100 valence electrons. The zero-order valence-corrected chi connectivity index (χ0v) is 9.55. The summed E-state index contributed by atoms with van der Waals surface area (Å²) in [6.45, 7) is -0.583. The van der Waals surface area contributed by atoms with E-state index in [1.54, 1.807) is 18.2 Å². The topological polar surface area (TPSA) is 110 Å². The SMILES string of the molecule is OC[C@H]1O[C@@](O)(c2ccccc2)[C@H](O)[C@@H](O)[C@@H]1O. The molecule has 1 heterocycles. The van der Waals surface area contributed by atoms with Gasteiger partial charge in [-0.1, -0.05) is 30.3 Å². The van der Waals surface area contributed by atoms with Gasteiger partial charge in [0, 0.05) is 5.56 Å². The molecule has 0 saturated carbocycles. The zero-order valence-electron chi connectivity index (χ0n) is 9.55. The second kappa shape index (κ2) is 4.93. The summed E-state index contributed by atoms with van der Waals surface area (Å²) < 4.78 is 5.15. The van der Waals surface area contributed by atoms with Crippen molar-refractivity contribution in [3.8, 4) is 0 Å². The van der Waals surface area contributed by atoms with Gasteiger partial charge in [-0.3, -0.25) is 0 Å². The van der Waals surface area contributed by atoms with Gasteiger partial charge in [0.25, 0.3) is 0 Å². The van der Waals surface area contributed by atoms with E-state index >= 15 is 0 Å². The summed E-state index contributed by atoms with van der Waals surface area (Å²) in [7, 11) is 0. The fraction of sp³-hybridized carbons (Fsp3) is 0.500. The Morgan fingerprint density at radius 2 is 1.67 bits per heavy atom. The number of aliphatic hydroxyl groups is 5. The predicted molar refractivity (Wildman–Crippen MR) is 60.3 cm³/mol. The lowest BCUT2D eigenvalue weighted by molar-refractivity contribution is -0.357. The largest absolute Gasteiger partial charge is 0.394 e. The van der Waals surface area contributed by atoms with Crippen molar-refractivity contribution in [3.63, 3.8) is 0 Å². The molecule has 0 aliphatic carbocycles. The molecule has 1 aliphatic rings. The van der Waals surface area contributed by atoms with Crippen LogP contribution in [0, 0.1) is 0 Å². The molecule has 1 aromatic rings. The van der Waals surface area contributed by atoms with Gasteiger partial charge in [-0.25, -0.2) is 0 Å². The maximum absolute atomic E-state index is 10.3. The minimum absolute atomic E-state index is 0.238. The summed E-state index contributed by atoms with van der Waals surface area (Å²) in [6, 6.07) is 8.02. The molecular formula is C12H16O6. The van der Waals surface area contributed by atoms with E-state index in [0.29, 0.717) is 0 Å². The Balaban J connectivity index is 2.37. The molecule has 0 bridgehead atoms. The van der Waals surface area contributed by atoms with Gasteiger partial charge in [-0.2, -0.15) is 0 Å². The van der Waals surface area contributed by atoms with Crippen LogP contribution < -0.4 is 0 Å². The van der Waals surface area contributed by atoms with Gasteiger partial charge < -0.3 is 30.3 Å². The predicted octanol–water partition coefficient (Wildman–Crippen LogP) is -1.69. The van der Waals surface area contributed by atoms with E-state index in [2.05, 4.69) is 0 Å². The average Bonchev–Trinajstić information content (AvgIpc) is 2.41. The maximum atomic E-state index is 10.3. The van der Waals surface area contributed by atoms with Crippen LogP contribution in [-0.2, 0) is 10.5 Å². The van der Waals surface area contributed by atoms with Gasteiger partial charge in [0.15, 0.2) is 0 Å². The molecule has 0 amide bonds. The van der Waals surface area contributed by atoms with Gasteiger partial charge in [0.1, 0.15) is 24.4 Å². The highest BCUT2D eigenvalue weighted by Gasteiger charge is 2.53. The van der Waals surface area contributed by atoms with E-state index < -0.39 is 36.8 Å². The molecule has 6 nitrogen and oxygen atoms in total. The maximum Gasteiger partial charge on any atom is 0.222 e. The molecule has 5 atom stereocenters. The highest BCUT2D eigenvalue weighted by atomic mass is 16.7. The lowest BCUT2D eigenvalue weighted by atomic mass is 9.88. The summed E-state index contributed by atoms with van der Waals surface area (Å²) in [5, 5.41) is 48.5. The second-order valence-electron chi connectivity index (χ2n) is 4.33. The number of rotatable bonds is 2. The molecule has 6 heteroatoms. The molecule has 5 N–H and O–H groups in total. The van der Waals surface area contributed by atoms with Crippen molar-refractivity contribution in [2.45, 2.75) is 30.2 Å². The molecule has 1 saturated heterocycles. The first-order chi connectivity index (χ1) is 8.50. The van der Waals surface area contributed by atoms with E-state index in [0.717, 1.165) is 0 Å². The van der Waals surface area contributed by atoms with Crippen LogP contribution in [0.3, 0.4) is 0 Å². The molecule has 1 aliphatic heterocycles.